The molecule has 0 saturated heterocycles. The first-order valence-electron chi connectivity index (χ1n) is 2.89. The van der Waals surface area contributed by atoms with Crippen LogP contribution in [0.15, 0.2) is 17.3 Å². The molecule has 0 radical (unpaired) electrons. The molecule has 0 saturated carbocycles. The van der Waals surface area contributed by atoms with Crippen LogP contribution in [0.2, 0.25) is 0 Å². The number of aliphatic imine (C=N–C) groups is 1. The Morgan fingerprint density at radius 2 is 2.44 bits per heavy atom. The molecule has 9 heavy (non-hydrogen) atoms. The lowest BCUT2D eigenvalue weighted by Crippen LogP contribution is -2.39. The van der Waals surface area contributed by atoms with Gasteiger partial charge >= 0.3 is 0 Å². The summed E-state index contributed by atoms with van der Waals surface area (Å²) in [5.41, 5.74) is 10.9. The molecule has 1 unspecified atom stereocenters. The van der Waals surface area contributed by atoms with Crippen LogP contribution in [-0.4, -0.2) is 11.4 Å². The summed E-state index contributed by atoms with van der Waals surface area (Å²) in [6, 6.07) is 0. The Morgan fingerprint density at radius 3 is 2.78 bits per heavy atom. The fourth-order valence-corrected chi connectivity index (χ4v) is 0.798. The van der Waals surface area contributed by atoms with Gasteiger partial charge in [-0.1, -0.05) is 0 Å². The normalized spacial score (nSPS) is 34.2. The van der Waals surface area contributed by atoms with Crippen molar-refractivity contribution >= 4 is 5.84 Å². The summed E-state index contributed by atoms with van der Waals surface area (Å²) in [4.78, 5) is 3.86. The lowest BCUT2D eigenvalue weighted by atomic mass is 9.97. The molecule has 0 fully saturated rings. The molecular formula is C6H11N3. The Labute approximate surface area is 54.4 Å². The van der Waals surface area contributed by atoms with Crippen molar-refractivity contribution in [2.75, 3.05) is 0 Å². The van der Waals surface area contributed by atoms with Crippen LogP contribution in [0, 0.1) is 0 Å². The van der Waals surface area contributed by atoms with Crippen molar-refractivity contribution in [3.63, 3.8) is 0 Å². The van der Waals surface area contributed by atoms with Gasteiger partial charge in [-0.3, -0.25) is 0 Å². The van der Waals surface area contributed by atoms with Gasteiger partial charge in [-0.25, -0.2) is 4.99 Å². The average Bonchev–Trinajstić information content (AvgIpc) is 1.60. The molecule has 0 aromatic rings. The Hall–Kier alpha value is -0.830. The van der Waals surface area contributed by atoms with Gasteiger partial charge in [-0.05, 0) is 13.0 Å². The van der Waals surface area contributed by atoms with Crippen molar-refractivity contribution in [1.29, 1.82) is 0 Å². The predicted molar refractivity (Wildman–Crippen MR) is 38.0 cm³/mol. The van der Waals surface area contributed by atoms with Crippen LogP contribution in [0.1, 0.15) is 13.3 Å². The molecule has 0 spiro atoms. The average molecular weight is 125 g/mol. The number of nitrogens with zero attached hydrogens (tertiary/aromatic N) is 1. The third-order valence-electron chi connectivity index (χ3n) is 1.26. The molecule has 1 aliphatic rings. The minimum Gasteiger partial charge on any atom is -0.387 e. The van der Waals surface area contributed by atoms with Gasteiger partial charge in [-0.15, -0.1) is 0 Å². The maximum Gasteiger partial charge on any atom is 0.101 e. The van der Waals surface area contributed by atoms with Crippen molar-refractivity contribution in [3.8, 4) is 0 Å². The van der Waals surface area contributed by atoms with Gasteiger partial charge < -0.3 is 11.5 Å². The van der Waals surface area contributed by atoms with Gasteiger partial charge in [0.2, 0.25) is 0 Å². The molecule has 1 heterocycles. The minimum absolute atomic E-state index is 0.286. The van der Waals surface area contributed by atoms with Gasteiger partial charge in [-0.2, -0.15) is 0 Å². The number of amidine groups is 1. The summed E-state index contributed by atoms with van der Waals surface area (Å²) in [6.07, 6.45) is 4.16. The highest BCUT2D eigenvalue weighted by Crippen LogP contribution is 2.10. The summed E-state index contributed by atoms with van der Waals surface area (Å²) in [6.45, 7) is 1.92. The maximum absolute atomic E-state index is 5.72. The Bertz CT molecular complexity index is 167. The molecule has 0 aromatic heterocycles. The highest BCUT2D eigenvalue weighted by Gasteiger charge is 2.18. The van der Waals surface area contributed by atoms with Gasteiger partial charge in [0.05, 0.1) is 0 Å². The van der Waals surface area contributed by atoms with Crippen molar-refractivity contribution in [3.05, 3.63) is 12.3 Å². The summed E-state index contributed by atoms with van der Waals surface area (Å²) in [5, 5.41) is 0. The van der Waals surface area contributed by atoms with Crippen LogP contribution in [0.4, 0.5) is 0 Å². The van der Waals surface area contributed by atoms with Crippen LogP contribution in [0.25, 0.3) is 0 Å². The zero-order valence-electron chi connectivity index (χ0n) is 5.46. The van der Waals surface area contributed by atoms with E-state index in [9.17, 15) is 0 Å². The summed E-state index contributed by atoms with van der Waals surface area (Å²) >= 11 is 0. The van der Waals surface area contributed by atoms with Crippen LogP contribution in [0.5, 0.6) is 0 Å². The predicted octanol–water partition coefficient (Wildman–Crippen LogP) is -0.0216. The fourth-order valence-electron chi connectivity index (χ4n) is 0.798. The van der Waals surface area contributed by atoms with Crippen LogP contribution in [0.3, 0.4) is 0 Å². The zero-order chi connectivity index (χ0) is 6.91. The van der Waals surface area contributed by atoms with E-state index in [1.54, 1.807) is 6.20 Å². The Kier molecular flexibility index (Phi) is 1.29. The van der Waals surface area contributed by atoms with E-state index < -0.39 is 0 Å². The number of hydrogen-bond acceptors (Lipinski definition) is 3. The number of hydrogen-bond donors (Lipinski definition) is 2. The number of nitrogens with two attached hydrogens (primary N) is 2. The van der Waals surface area contributed by atoms with E-state index >= 15 is 0 Å². The van der Waals surface area contributed by atoms with E-state index in [0.29, 0.717) is 12.3 Å². The molecule has 0 aliphatic carbocycles. The lowest BCUT2D eigenvalue weighted by molar-refractivity contribution is 0.601. The van der Waals surface area contributed by atoms with Crippen molar-refractivity contribution < 1.29 is 0 Å². The van der Waals surface area contributed by atoms with E-state index in [0.717, 1.165) is 0 Å². The maximum atomic E-state index is 5.72. The molecule has 1 atom stereocenters. The second-order valence-electron chi connectivity index (χ2n) is 2.62. The van der Waals surface area contributed by atoms with E-state index in [2.05, 4.69) is 4.99 Å². The third-order valence-corrected chi connectivity index (χ3v) is 1.26. The van der Waals surface area contributed by atoms with E-state index in [1.165, 1.54) is 0 Å². The van der Waals surface area contributed by atoms with Crippen molar-refractivity contribution in [2.45, 2.75) is 18.9 Å². The highest BCUT2D eigenvalue weighted by atomic mass is 14.9. The first kappa shape index (κ1) is 6.29. The molecule has 0 aromatic carbocycles. The van der Waals surface area contributed by atoms with Gasteiger partial charge in [0.1, 0.15) is 5.84 Å². The van der Waals surface area contributed by atoms with Gasteiger partial charge in [0.25, 0.3) is 0 Å². The topological polar surface area (TPSA) is 64.4 Å². The number of rotatable bonds is 0. The molecule has 4 N–H and O–H groups in total. The molecule has 3 nitrogen and oxygen atoms in total. The van der Waals surface area contributed by atoms with Crippen LogP contribution in [-0.2, 0) is 0 Å². The summed E-state index contributed by atoms with van der Waals surface area (Å²) in [5.74, 6) is 0.613. The van der Waals surface area contributed by atoms with Gasteiger partial charge in [0.15, 0.2) is 0 Å². The molecule has 1 aliphatic heterocycles. The van der Waals surface area contributed by atoms with E-state index in [4.69, 9.17) is 11.5 Å². The Balaban J connectivity index is 2.73. The minimum atomic E-state index is -0.286. The molecule has 0 amide bonds. The lowest BCUT2D eigenvalue weighted by Gasteiger charge is -2.21. The SMILES string of the molecule is CC1(N)C=CN=C(N)C1. The Morgan fingerprint density at radius 1 is 1.78 bits per heavy atom. The molecule has 3 heteroatoms. The quantitative estimate of drug-likeness (QED) is 0.478. The van der Waals surface area contributed by atoms with Crippen LogP contribution < -0.4 is 11.5 Å². The molecular weight excluding hydrogens is 114 g/mol. The first-order chi connectivity index (χ1) is 4.10. The third kappa shape index (κ3) is 1.54. The van der Waals surface area contributed by atoms with Crippen molar-refractivity contribution in [1.82, 2.24) is 0 Å². The summed E-state index contributed by atoms with van der Waals surface area (Å²) < 4.78 is 0. The fraction of sp³-hybridized carbons (Fsp3) is 0.500. The smallest absolute Gasteiger partial charge is 0.101 e. The molecule has 50 valence electrons. The highest BCUT2D eigenvalue weighted by molar-refractivity contribution is 5.83. The second kappa shape index (κ2) is 1.84. The second-order valence-corrected chi connectivity index (χ2v) is 2.62. The summed E-state index contributed by atoms with van der Waals surface area (Å²) in [7, 11) is 0. The monoisotopic (exact) mass is 125 g/mol. The van der Waals surface area contributed by atoms with Gasteiger partial charge in [0, 0.05) is 18.2 Å². The van der Waals surface area contributed by atoms with E-state index in [-0.39, 0.29) is 5.54 Å². The standard InChI is InChI=1S/C6H11N3/c1-6(8)2-3-9-5(7)4-6/h2-3H,4,8H2,1H3,(H2,7,9). The first-order valence-corrected chi connectivity index (χ1v) is 2.89. The zero-order valence-corrected chi connectivity index (χ0v) is 5.46. The van der Waals surface area contributed by atoms with Crippen molar-refractivity contribution in [2.24, 2.45) is 16.5 Å². The van der Waals surface area contributed by atoms with Crippen LogP contribution >= 0.6 is 0 Å². The molecule has 1 rings (SSSR count). The molecule has 0 bridgehead atoms. The largest absolute Gasteiger partial charge is 0.387 e. The van der Waals surface area contributed by atoms with E-state index in [1.807, 2.05) is 13.0 Å².